The van der Waals surface area contributed by atoms with Gasteiger partial charge in [0.1, 0.15) is 12.1 Å². The van der Waals surface area contributed by atoms with E-state index in [0.717, 1.165) is 22.4 Å². The van der Waals surface area contributed by atoms with Gasteiger partial charge < -0.3 is 5.32 Å². The summed E-state index contributed by atoms with van der Waals surface area (Å²) in [5.74, 6) is 1.37. The molecule has 21 heavy (non-hydrogen) atoms. The molecule has 0 radical (unpaired) electrons. The maximum absolute atomic E-state index is 4.55. The summed E-state index contributed by atoms with van der Waals surface area (Å²) in [6, 6.07) is 9.96. The first-order chi connectivity index (χ1) is 10.1. The lowest BCUT2D eigenvalue weighted by atomic mass is 10.2. The molecule has 1 atom stereocenters. The lowest BCUT2D eigenvalue weighted by Crippen LogP contribution is -2.18. The van der Waals surface area contributed by atoms with E-state index in [2.05, 4.69) is 26.8 Å². The van der Waals surface area contributed by atoms with E-state index in [1.54, 1.807) is 12.5 Å². The van der Waals surface area contributed by atoms with Crippen LogP contribution in [0.4, 0.5) is 5.95 Å². The number of hydrogen-bond donors (Lipinski definition) is 1. The molecule has 2 heterocycles. The number of benzene rings is 1. The molecule has 2 aromatic heterocycles. The summed E-state index contributed by atoms with van der Waals surface area (Å²) in [6.45, 7) is 7.94. The standard InChI is InChI=1S/C16H17N5/c1-11(2)12(3)19-16-17-9-8-15(20-16)21-10-18-13-6-4-5-7-14(13)21/h4-10,12H,1H2,2-3H3,(H,17,19,20). The molecular formula is C16H17N5. The molecule has 1 N–H and O–H groups in total. The predicted octanol–water partition coefficient (Wildman–Crippen LogP) is 3.19. The lowest BCUT2D eigenvalue weighted by Gasteiger charge is -2.14. The van der Waals surface area contributed by atoms with Crippen molar-refractivity contribution in [3.8, 4) is 5.82 Å². The Morgan fingerprint density at radius 2 is 2.05 bits per heavy atom. The van der Waals surface area contributed by atoms with Gasteiger partial charge in [0.25, 0.3) is 0 Å². The van der Waals surface area contributed by atoms with E-state index in [-0.39, 0.29) is 6.04 Å². The molecule has 0 aliphatic rings. The molecule has 0 aliphatic carbocycles. The van der Waals surface area contributed by atoms with Crippen molar-refractivity contribution in [2.24, 2.45) is 0 Å². The molecule has 0 saturated heterocycles. The van der Waals surface area contributed by atoms with E-state index in [1.165, 1.54) is 0 Å². The highest BCUT2D eigenvalue weighted by molar-refractivity contribution is 5.76. The number of aromatic nitrogens is 4. The highest BCUT2D eigenvalue weighted by atomic mass is 15.2. The average Bonchev–Trinajstić information content (AvgIpc) is 2.91. The van der Waals surface area contributed by atoms with Gasteiger partial charge in [-0.15, -0.1) is 0 Å². The quantitative estimate of drug-likeness (QED) is 0.745. The van der Waals surface area contributed by atoms with E-state index < -0.39 is 0 Å². The van der Waals surface area contributed by atoms with E-state index in [0.29, 0.717) is 5.95 Å². The number of rotatable bonds is 4. The molecule has 0 fully saturated rings. The average molecular weight is 279 g/mol. The van der Waals surface area contributed by atoms with Gasteiger partial charge in [0.2, 0.25) is 5.95 Å². The molecule has 5 heteroatoms. The first-order valence-electron chi connectivity index (χ1n) is 6.82. The van der Waals surface area contributed by atoms with Crippen LogP contribution in [0.2, 0.25) is 0 Å². The summed E-state index contributed by atoms with van der Waals surface area (Å²) in [7, 11) is 0. The van der Waals surface area contributed by atoms with Gasteiger partial charge in [-0.2, -0.15) is 4.98 Å². The van der Waals surface area contributed by atoms with Gasteiger partial charge >= 0.3 is 0 Å². The lowest BCUT2D eigenvalue weighted by molar-refractivity contribution is 0.890. The molecule has 0 aliphatic heterocycles. The molecule has 3 aromatic rings. The Morgan fingerprint density at radius 1 is 1.24 bits per heavy atom. The van der Waals surface area contributed by atoms with Crippen LogP contribution in [0.25, 0.3) is 16.9 Å². The Labute approximate surface area is 123 Å². The smallest absolute Gasteiger partial charge is 0.225 e. The van der Waals surface area contributed by atoms with E-state index in [1.807, 2.05) is 48.7 Å². The van der Waals surface area contributed by atoms with Crippen LogP contribution in [-0.2, 0) is 0 Å². The van der Waals surface area contributed by atoms with Gasteiger partial charge in [-0.25, -0.2) is 9.97 Å². The molecule has 3 rings (SSSR count). The number of nitrogens with zero attached hydrogens (tertiary/aromatic N) is 4. The third kappa shape index (κ3) is 2.63. The van der Waals surface area contributed by atoms with Crippen molar-refractivity contribution in [1.29, 1.82) is 0 Å². The highest BCUT2D eigenvalue weighted by Gasteiger charge is 2.08. The van der Waals surface area contributed by atoms with Crippen molar-refractivity contribution in [3.05, 3.63) is 55.0 Å². The molecule has 0 bridgehead atoms. The van der Waals surface area contributed by atoms with Gasteiger partial charge in [-0.1, -0.05) is 24.3 Å². The summed E-state index contributed by atoms with van der Waals surface area (Å²) >= 11 is 0. The van der Waals surface area contributed by atoms with Crippen LogP contribution < -0.4 is 5.32 Å². The molecule has 5 nitrogen and oxygen atoms in total. The van der Waals surface area contributed by atoms with Gasteiger partial charge in [0.05, 0.1) is 11.0 Å². The fourth-order valence-electron chi connectivity index (χ4n) is 2.01. The first kappa shape index (κ1) is 13.3. The minimum Gasteiger partial charge on any atom is -0.348 e. The zero-order valence-corrected chi connectivity index (χ0v) is 12.1. The Balaban J connectivity index is 1.98. The van der Waals surface area contributed by atoms with Crippen LogP contribution in [0.3, 0.4) is 0 Å². The van der Waals surface area contributed by atoms with Crippen molar-refractivity contribution in [1.82, 2.24) is 19.5 Å². The second kappa shape index (κ2) is 5.36. The Hall–Kier alpha value is -2.69. The third-order valence-corrected chi connectivity index (χ3v) is 3.43. The number of imidazole rings is 1. The van der Waals surface area contributed by atoms with Gasteiger partial charge in [0, 0.05) is 12.2 Å². The fourth-order valence-corrected chi connectivity index (χ4v) is 2.01. The van der Waals surface area contributed by atoms with Gasteiger partial charge in [-0.3, -0.25) is 4.57 Å². The zero-order valence-electron chi connectivity index (χ0n) is 12.1. The van der Waals surface area contributed by atoms with Crippen molar-refractivity contribution < 1.29 is 0 Å². The van der Waals surface area contributed by atoms with E-state index in [4.69, 9.17) is 0 Å². The summed E-state index contributed by atoms with van der Waals surface area (Å²) in [6.07, 6.45) is 3.52. The van der Waals surface area contributed by atoms with Gasteiger partial charge in [0.15, 0.2) is 0 Å². The monoisotopic (exact) mass is 279 g/mol. The number of anilines is 1. The van der Waals surface area contributed by atoms with Crippen LogP contribution >= 0.6 is 0 Å². The Kier molecular flexibility index (Phi) is 3.39. The van der Waals surface area contributed by atoms with Crippen LogP contribution in [-0.4, -0.2) is 25.6 Å². The summed E-state index contributed by atoms with van der Waals surface area (Å²) in [5, 5.41) is 3.24. The third-order valence-electron chi connectivity index (χ3n) is 3.43. The van der Waals surface area contributed by atoms with E-state index in [9.17, 15) is 0 Å². The predicted molar refractivity (Wildman–Crippen MR) is 84.6 cm³/mol. The van der Waals surface area contributed by atoms with Crippen molar-refractivity contribution in [3.63, 3.8) is 0 Å². The molecule has 1 unspecified atom stereocenters. The fraction of sp³-hybridized carbons (Fsp3) is 0.188. The number of fused-ring (bicyclic) bond motifs is 1. The second-order valence-electron chi connectivity index (χ2n) is 5.05. The number of hydrogen-bond acceptors (Lipinski definition) is 4. The zero-order chi connectivity index (χ0) is 14.8. The molecular weight excluding hydrogens is 262 g/mol. The molecule has 106 valence electrons. The molecule has 0 amide bonds. The maximum atomic E-state index is 4.55. The second-order valence-corrected chi connectivity index (χ2v) is 5.05. The number of para-hydroxylation sites is 2. The van der Waals surface area contributed by atoms with E-state index >= 15 is 0 Å². The first-order valence-corrected chi connectivity index (χ1v) is 6.82. The van der Waals surface area contributed by atoms with Crippen molar-refractivity contribution in [2.75, 3.05) is 5.32 Å². The molecule has 0 saturated carbocycles. The molecule has 0 spiro atoms. The summed E-state index contributed by atoms with van der Waals surface area (Å²) in [5.41, 5.74) is 3.01. The normalized spacial score (nSPS) is 12.3. The summed E-state index contributed by atoms with van der Waals surface area (Å²) in [4.78, 5) is 13.2. The minimum absolute atomic E-state index is 0.125. The molecule has 1 aromatic carbocycles. The van der Waals surface area contributed by atoms with Crippen LogP contribution in [0.5, 0.6) is 0 Å². The maximum Gasteiger partial charge on any atom is 0.225 e. The Morgan fingerprint density at radius 3 is 2.86 bits per heavy atom. The summed E-state index contributed by atoms with van der Waals surface area (Å²) < 4.78 is 1.95. The Bertz CT molecular complexity index is 790. The largest absolute Gasteiger partial charge is 0.348 e. The SMILES string of the molecule is C=C(C)C(C)Nc1nccc(-n2cnc3ccccc32)n1. The van der Waals surface area contributed by atoms with Crippen LogP contribution in [0.1, 0.15) is 13.8 Å². The topological polar surface area (TPSA) is 55.6 Å². The van der Waals surface area contributed by atoms with Crippen molar-refractivity contribution in [2.45, 2.75) is 19.9 Å². The highest BCUT2D eigenvalue weighted by Crippen LogP contribution is 2.17. The van der Waals surface area contributed by atoms with Gasteiger partial charge in [-0.05, 0) is 32.0 Å². The minimum atomic E-state index is 0.125. The van der Waals surface area contributed by atoms with Crippen LogP contribution in [0, 0.1) is 0 Å². The van der Waals surface area contributed by atoms with Crippen LogP contribution in [0.15, 0.2) is 55.0 Å². The van der Waals surface area contributed by atoms with Crippen molar-refractivity contribution >= 4 is 17.0 Å². The number of nitrogens with one attached hydrogen (secondary N) is 1.